The summed E-state index contributed by atoms with van der Waals surface area (Å²) in [6, 6.07) is 9.24. The van der Waals surface area contributed by atoms with Crippen LogP contribution < -0.4 is 5.32 Å². The molecule has 0 aliphatic carbocycles. The van der Waals surface area contributed by atoms with E-state index in [1.807, 2.05) is 6.20 Å². The van der Waals surface area contributed by atoms with Crippen LogP contribution in [0.4, 0.5) is 0 Å². The van der Waals surface area contributed by atoms with Gasteiger partial charge in [0.1, 0.15) is 5.82 Å². The van der Waals surface area contributed by atoms with Crippen molar-refractivity contribution in [3.63, 3.8) is 0 Å². The Kier molecular flexibility index (Phi) is 4.96. The Morgan fingerprint density at radius 2 is 1.80 bits per heavy atom. The minimum atomic E-state index is 0.471. The topological polar surface area (TPSA) is 40.7 Å². The number of imidazole rings is 1. The maximum absolute atomic E-state index is 4.42. The quantitative estimate of drug-likeness (QED) is 0.839. The van der Waals surface area contributed by atoms with Crippen LogP contribution in [0.5, 0.6) is 0 Å². The predicted octanol–water partition coefficient (Wildman–Crippen LogP) is 3.77. The fourth-order valence-corrected chi connectivity index (χ4v) is 2.19. The van der Waals surface area contributed by atoms with E-state index in [4.69, 9.17) is 0 Å². The average molecular weight is 271 g/mol. The van der Waals surface area contributed by atoms with Crippen molar-refractivity contribution >= 4 is 0 Å². The Balaban J connectivity index is 2.04. The summed E-state index contributed by atoms with van der Waals surface area (Å²) in [5, 5.41) is 3.36. The van der Waals surface area contributed by atoms with E-state index in [0.717, 1.165) is 24.5 Å². The van der Waals surface area contributed by atoms with Gasteiger partial charge in [-0.15, -0.1) is 0 Å². The van der Waals surface area contributed by atoms with Crippen LogP contribution in [0.15, 0.2) is 30.5 Å². The summed E-state index contributed by atoms with van der Waals surface area (Å²) in [6.07, 6.45) is 3.04. The molecule has 1 aromatic carbocycles. The van der Waals surface area contributed by atoms with Crippen molar-refractivity contribution in [3.05, 3.63) is 41.9 Å². The lowest BCUT2D eigenvalue weighted by molar-refractivity contribution is 0.575. The Hall–Kier alpha value is -1.61. The van der Waals surface area contributed by atoms with E-state index in [-0.39, 0.29) is 0 Å². The molecule has 2 aromatic rings. The molecule has 0 fully saturated rings. The van der Waals surface area contributed by atoms with Crippen LogP contribution in [0.3, 0.4) is 0 Å². The number of H-pyrrole nitrogens is 1. The van der Waals surface area contributed by atoms with Crippen molar-refractivity contribution in [1.82, 2.24) is 15.3 Å². The highest BCUT2D eigenvalue weighted by molar-refractivity contribution is 5.58. The molecule has 2 rings (SSSR count). The first kappa shape index (κ1) is 14.8. The van der Waals surface area contributed by atoms with E-state index < -0.39 is 0 Å². The molecular weight excluding hydrogens is 246 g/mol. The molecule has 0 atom stereocenters. The average Bonchev–Trinajstić information content (AvgIpc) is 2.85. The van der Waals surface area contributed by atoms with Gasteiger partial charge in [0.25, 0.3) is 0 Å². The van der Waals surface area contributed by atoms with Crippen LogP contribution in [0.25, 0.3) is 11.3 Å². The van der Waals surface area contributed by atoms with Crippen molar-refractivity contribution in [2.24, 2.45) is 5.92 Å². The molecule has 0 bridgehead atoms. The second-order valence-electron chi connectivity index (χ2n) is 6.07. The van der Waals surface area contributed by atoms with Crippen molar-refractivity contribution < 1.29 is 0 Å². The Morgan fingerprint density at radius 1 is 1.10 bits per heavy atom. The highest BCUT2D eigenvalue weighted by Crippen LogP contribution is 2.19. The molecule has 108 valence electrons. The lowest BCUT2D eigenvalue weighted by Crippen LogP contribution is -2.22. The normalized spacial score (nSPS) is 11.5. The van der Waals surface area contributed by atoms with Crippen molar-refractivity contribution in [2.45, 2.75) is 46.7 Å². The standard InChI is InChI=1S/C17H25N3/c1-12(2)9-14-5-7-15(8-6-14)16-10-19-17(20-16)11-18-13(3)4/h5-8,10,12-13,18H,9,11H2,1-4H3,(H,19,20). The molecule has 0 unspecified atom stereocenters. The molecule has 0 aliphatic heterocycles. The van der Waals surface area contributed by atoms with Gasteiger partial charge in [-0.05, 0) is 23.5 Å². The van der Waals surface area contributed by atoms with Gasteiger partial charge in [0.2, 0.25) is 0 Å². The van der Waals surface area contributed by atoms with Crippen molar-refractivity contribution in [1.29, 1.82) is 0 Å². The predicted molar refractivity (Wildman–Crippen MR) is 84.5 cm³/mol. The van der Waals surface area contributed by atoms with Crippen LogP contribution in [0.2, 0.25) is 0 Å². The Bertz CT molecular complexity index is 523. The fourth-order valence-electron chi connectivity index (χ4n) is 2.19. The lowest BCUT2D eigenvalue weighted by Gasteiger charge is -2.06. The van der Waals surface area contributed by atoms with Gasteiger partial charge in [-0.25, -0.2) is 4.98 Å². The molecular formula is C17H25N3. The summed E-state index contributed by atoms with van der Waals surface area (Å²) in [6.45, 7) is 9.55. The van der Waals surface area contributed by atoms with Crippen molar-refractivity contribution in [2.75, 3.05) is 0 Å². The molecule has 3 nitrogen and oxygen atoms in total. The summed E-state index contributed by atoms with van der Waals surface area (Å²) in [5.41, 5.74) is 3.67. The highest BCUT2D eigenvalue weighted by Gasteiger charge is 2.04. The first-order valence-corrected chi connectivity index (χ1v) is 7.41. The van der Waals surface area contributed by atoms with E-state index in [1.165, 1.54) is 11.1 Å². The molecule has 0 amide bonds. The summed E-state index contributed by atoms with van der Waals surface area (Å²) in [5.74, 6) is 1.68. The van der Waals surface area contributed by atoms with Gasteiger partial charge in [0.05, 0.1) is 18.4 Å². The summed E-state index contributed by atoms with van der Waals surface area (Å²) < 4.78 is 0. The van der Waals surface area contributed by atoms with Crippen LogP contribution in [0.1, 0.15) is 39.1 Å². The van der Waals surface area contributed by atoms with Crippen LogP contribution in [-0.2, 0) is 13.0 Å². The van der Waals surface area contributed by atoms with Gasteiger partial charge < -0.3 is 10.3 Å². The van der Waals surface area contributed by atoms with Crippen LogP contribution >= 0.6 is 0 Å². The van der Waals surface area contributed by atoms with Gasteiger partial charge >= 0.3 is 0 Å². The molecule has 0 spiro atoms. The minimum absolute atomic E-state index is 0.471. The summed E-state index contributed by atoms with van der Waals surface area (Å²) >= 11 is 0. The van der Waals surface area contributed by atoms with Gasteiger partial charge in [-0.1, -0.05) is 52.0 Å². The number of benzene rings is 1. The third-order valence-corrected chi connectivity index (χ3v) is 3.22. The molecule has 2 N–H and O–H groups in total. The molecule has 0 radical (unpaired) electrons. The van der Waals surface area contributed by atoms with E-state index in [9.17, 15) is 0 Å². The van der Waals surface area contributed by atoms with Gasteiger partial charge in [0, 0.05) is 6.04 Å². The monoisotopic (exact) mass is 271 g/mol. The number of nitrogens with zero attached hydrogens (tertiary/aromatic N) is 1. The summed E-state index contributed by atoms with van der Waals surface area (Å²) in [4.78, 5) is 7.79. The molecule has 3 heteroatoms. The zero-order valence-electron chi connectivity index (χ0n) is 12.9. The fraction of sp³-hybridized carbons (Fsp3) is 0.471. The zero-order chi connectivity index (χ0) is 14.5. The van der Waals surface area contributed by atoms with Gasteiger partial charge in [0.15, 0.2) is 0 Å². The maximum atomic E-state index is 4.42. The van der Waals surface area contributed by atoms with Crippen molar-refractivity contribution in [3.8, 4) is 11.3 Å². The molecule has 0 aliphatic rings. The number of rotatable bonds is 6. The number of hydrogen-bond donors (Lipinski definition) is 2. The largest absolute Gasteiger partial charge is 0.341 e. The highest BCUT2D eigenvalue weighted by atomic mass is 15.0. The molecule has 1 heterocycles. The smallest absolute Gasteiger partial charge is 0.120 e. The van der Waals surface area contributed by atoms with E-state index >= 15 is 0 Å². The number of hydrogen-bond acceptors (Lipinski definition) is 2. The Labute approximate surface area is 121 Å². The minimum Gasteiger partial charge on any atom is -0.341 e. The second kappa shape index (κ2) is 6.71. The number of aromatic nitrogens is 2. The summed E-state index contributed by atoms with van der Waals surface area (Å²) in [7, 11) is 0. The van der Waals surface area contributed by atoms with Gasteiger partial charge in [-0.3, -0.25) is 0 Å². The molecule has 20 heavy (non-hydrogen) atoms. The molecule has 0 saturated heterocycles. The van der Waals surface area contributed by atoms with Crippen LogP contribution in [0, 0.1) is 5.92 Å². The zero-order valence-corrected chi connectivity index (χ0v) is 12.9. The third kappa shape index (κ3) is 4.20. The second-order valence-corrected chi connectivity index (χ2v) is 6.07. The SMILES string of the molecule is CC(C)Cc1ccc(-c2cnc(CNC(C)C)[nH]2)cc1. The lowest BCUT2D eigenvalue weighted by atomic mass is 10.0. The molecule has 0 saturated carbocycles. The van der Waals surface area contributed by atoms with Crippen LogP contribution in [-0.4, -0.2) is 16.0 Å². The third-order valence-electron chi connectivity index (χ3n) is 3.22. The van der Waals surface area contributed by atoms with E-state index in [1.54, 1.807) is 0 Å². The first-order valence-electron chi connectivity index (χ1n) is 7.41. The van der Waals surface area contributed by atoms with Gasteiger partial charge in [-0.2, -0.15) is 0 Å². The Morgan fingerprint density at radius 3 is 2.40 bits per heavy atom. The maximum Gasteiger partial charge on any atom is 0.120 e. The van der Waals surface area contributed by atoms with E-state index in [2.05, 4.69) is 67.2 Å². The molecule has 1 aromatic heterocycles. The van der Waals surface area contributed by atoms with E-state index in [0.29, 0.717) is 12.0 Å². The number of aromatic amines is 1. The number of nitrogens with one attached hydrogen (secondary N) is 2. The first-order chi connectivity index (χ1) is 9.54.